The highest BCUT2D eigenvalue weighted by Gasteiger charge is 2.32. The molecule has 0 unspecified atom stereocenters. The summed E-state index contributed by atoms with van der Waals surface area (Å²) in [6.45, 7) is 5.69. The Morgan fingerprint density at radius 2 is 1.85 bits per heavy atom. The van der Waals surface area contributed by atoms with Crippen molar-refractivity contribution in [3.05, 3.63) is 64.4 Å². The Bertz CT molecular complexity index is 1080. The first kappa shape index (κ1) is 25.4. The molecular formula is C23H28ClFN2O5S. The van der Waals surface area contributed by atoms with E-state index in [1.54, 1.807) is 35.2 Å². The van der Waals surface area contributed by atoms with E-state index in [1.807, 2.05) is 13.8 Å². The summed E-state index contributed by atoms with van der Waals surface area (Å²) in [5.74, 6) is -0.557. The zero-order chi connectivity index (χ0) is 24.2. The molecular weight excluding hydrogens is 471 g/mol. The molecule has 0 aromatic heterocycles. The molecule has 180 valence electrons. The van der Waals surface area contributed by atoms with Crippen LogP contribution >= 0.6 is 11.6 Å². The number of carbonyl (C=O) groups excluding carboxylic acids is 1. The molecule has 1 amide bonds. The highest BCUT2D eigenvalue weighted by molar-refractivity contribution is 7.85. The topological polar surface area (TPSA) is 87.2 Å². The van der Waals surface area contributed by atoms with Crippen LogP contribution in [0.15, 0.2) is 42.5 Å². The Kier molecular flexibility index (Phi) is 8.33. The Hall–Kier alpha value is -2.20. The van der Waals surface area contributed by atoms with Gasteiger partial charge in [-0.3, -0.25) is 14.2 Å². The SMILES string of the molecule is C[C@@H]1CN(Cc2ccc(F)cc2)[C@@H](C)CN1C(=O)COc1ccc(Cl)cc1CCS(=O)(=O)O. The second-order valence-corrected chi connectivity index (χ2v) is 10.4. The average Bonchev–Trinajstić information content (AvgIpc) is 2.74. The van der Waals surface area contributed by atoms with Crippen LogP contribution in [-0.4, -0.2) is 66.2 Å². The maximum absolute atomic E-state index is 13.2. The van der Waals surface area contributed by atoms with Crippen molar-refractivity contribution in [2.75, 3.05) is 25.4 Å². The van der Waals surface area contributed by atoms with Gasteiger partial charge in [0.2, 0.25) is 0 Å². The summed E-state index contributed by atoms with van der Waals surface area (Å²) < 4.78 is 50.1. The third-order valence-electron chi connectivity index (χ3n) is 5.74. The molecule has 7 nitrogen and oxygen atoms in total. The monoisotopic (exact) mass is 498 g/mol. The minimum Gasteiger partial charge on any atom is -0.483 e. The fourth-order valence-corrected chi connectivity index (χ4v) is 4.61. The minimum atomic E-state index is -4.14. The molecule has 2 aromatic rings. The largest absolute Gasteiger partial charge is 0.483 e. The van der Waals surface area contributed by atoms with E-state index in [-0.39, 0.29) is 36.8 Å². The van der Waals surface area contributed by atoms with Crippen LogP contribution in [0.3, 0.4) is 0 Å². The third-order valence-corrected chi connectivity index (χ3v) is 6.69. The quantitative estimate of drug-likeness (QED) is 0.561. The number of nitrogens with zero attached hydrogens (tertiary/aromatic N) is 2. The van der Waals surface area contributed by atoms with Crippen LogP contribution < -0.4 is 4.74 Å². The smallest absolute Gasteiger partial charge is 0.265 e. The fraction of sp³-hybridized carbons (Fsp3) is 0.435. The van der Waals surface area contributed by atoms with Gasteiger partial charge in [-0.25, -0.2) is 4.39 Å². The summed E-state index contributed by atoms with van der Waals surface area (Å²) in [5, 5.41) is 0.402. The van der Waals surface area contributed by atoms with Crippen molar-refractivity contribution in [3.63, 3.8) is 0 Å². The second-order valence-electron chi connectivity index (χ2n) is 8.38. The van der Waals surface area contributed by atoms with Gasteiger partial charge < -0.3 is 9.64 Å². The van der Waals surface area contributed by atoms with E-state index in [0.717, 1.165) is 5.56 Å². The number of rotatable bonds is 8. The van der Waals surface area contributed by atoms with Gasteiger partial charge in [-0.15, -0.1) is 0 Å². The number of halogens is 2. The van der Waals surface area contributed by atoms with Gasteiger partial charge >= 0.3 is 0 Å². The number of piperazine rings is 1. The second kappa shape index (κ2) is 10.8. The normalized spacial score (nSPS) is 19.5. The molecule has 33 heavy (non-hydrogen) atoms. The van der Waals surface area contributed by atoms with Crippen LogP contribution in [-0.2, 0) is 27.9 Å². The lowest BCUT2D eigenvalue weighted by molar-refractivity contribution is -0.139. The van der Waals surface area contributed by atoms with Gasteiger partial charge in [-0.05, 0) is 61.7 Å². The van der Waals surface area contributed by atoms with E-state index < -0.39 is 15.9 Å². The molecule has 1 aliphatic rings. The number of amides is 1. The molecule has 3 rings (SSSR count). The molecule has 0 saturated carbocycles. The molecule has 1 aliphatic heterocycles. The van der Waals surface area contributed by atoms with E-state index >= 15 is 0 Å². The maximum atomic E-state index is 13.2. The lowest BCUT2D eigenvalue weighted by Gasteiger charge is -2.44. The van der Waals surface area contributed by atoms with Crippen molar-refractivity contribution in [2.24, 2.45) is 0 Å². The molecule has 10 heteroatoms. The van der Waals surface area contributed by atoms with Crippen LogP contribution in [0.1, 0.15) is 25.0 Å². The molecule has 2 aromatic carbocycles. The Morgan fingerprint density at radius 3 is 2.52 bits per heavy atom. The number of ether oxygens (including phenoxy) is 1. The van der Waals surface area contributed by atoms with Crippen molar-refractivity contribution in [1.29, 1.82) is 0 Å². The van der Waals surface area contributed by atoms with E-state index in [0.29, 0.717) is 36.0 Å². The van der Waals surface area contributed by atoms with Crippen LogP contribution in [0.5, 0.6) is 5.75 Å². The molecule has 1 N–H and O–H groups in total. The Labute approximate surface area is 198 Å². The summed E-state index contributed by atoms with van der Waals surface area (Å²) in [7, 11) is -4.14. The van der Waals surface area contributed by atoms with Gasteiger partial charge in [-0.1, -0.05) is 23.7 Å². The third kappa shape index (κ3) is 7.40. The molecule has 0 bridgehead atoms. The number of benzene rings is 2. The molecule has 0 aliphatic carbocycles. The lowest BCUT2D eigenvalue weighted by Crippen LogP contribution is -2.58. The standard InChI is InChI=1S/C23H28ClFN2O5S/c1-16-13-27(17(2)12-26(16)14-18-3-6-21(25)7-4-18)23(28)15-32-22-8-5-20(24)11-19(22)9-10-33(29,30)31/h3-8,11,16-17H,9-10,12-15H2,1-2H3,(H,29,30,31)/t16-,17+/m0/s1. The summed E-state index contributed by atoms with van der Waals surface area (Å²) in [5.41, 5.74) is 1.51. The van der Waals surface area contributed by atoms with E-state index in [4.69, 9.17) is 20.9 Å². The molecule has 1 fully saturated rings. The van der Waals surface area contributed by atoms with Gasteiger partial charge in [-0.2, -0.15) is 8.42 Å². The number of hydrogen-bond acceptors (Lipinski definition) is 5. The predicted octanol–water partition coefficient (Wildman–Crippen LogP) is 3.41. The minimum absolute atomic E-state index is 0.0123. The van der Waals surface area contributed by atoms with Crippen LogP contribution in [0.4, 0.5) is 4.39 Å². The van der Waals surface area contributed by atoms with Gasteiger partial charge in [0.1, 0.15) is 11.6 Å². The zero-order valence-electron chi connectivity index (χ0n) is 18.6. The van der Waals surface area contributed by atoms with Gasteiger partial charge in [0.15, 0.2) is 6.61 Å². The number of hydrogen-bond donors (Lipinski definition) is 1. The first-order chi connectivity index (χ1) is 15.5. The molecule has 0 spiro atoms. The number of aryl methyl sites for hydroxylation is 1. The molecule has 1 saturated heterocycles. The van der Waals surface area contributed by atoms with Gasteiger partial charge in [0.05, 0.1) is 5.75 Å². The summed E-state index contributed by atoms with van der Waals surface area (Å²) in [6.07, 6.45) is 0.0123. The molecule has 0 radical (unpaired) electrons. The van der Waals surface area contributed by atoms with Crippen LogP contribution in [0, 0.1) is 5.82 Å². The van der Waals surface area contributed by atoms with E-state index in [1.165, 1.54) is 12.1 Å². The maximum Gasteiger partial charge on any atom is 0.265 e. The van der Waals surface area contributed by atoms with Gasteiger partial charge in [0.25, 0.3) is 16.0 Å². The van der Waals surface area contributed by atoms with E-state index in [2.05, 4.69) is 4.90 Å². The summed E-state index contributed by atoms with van der Waals surface area (Å²) >= 11 is 6.00. The van der Waals surface area contributed by atoms with Crippen molar-refractivity contribution in [3.8, 4) is 5.75 Å². The summed E-state index contributed by atoms with van der Waals surface area (Å²) in [6, 6.07) is 11.2. The average molecular weight is 499 g/mol. The van der Waals surface area contributed by atoms with Crippen molar-refractivity contribution in [1.82, 2.24) is 9.80 Å². The Morgan fingerprint density at radius 1 is 1.15 bits per heavy atom. The Balaban J connectivity index is 1.59. The van der Waals surface area contributed by atoms with Crippen molar-refractivity contribution in [2.45, 2.75) is 38.9 Å². The highest BCUT2D eigenvalue weighted by Crippen LogP contribution is 2.25. The van der Waals surface area contributed by atoms with Crippen molar-refractivity contribution >= 4 is 27.6 Å². The summed E-state index contributed by atoms with van der Waals surface area (Å²) in [4.78, 5) is 16.9. The van der Waals surface area contributed by atoms with Gasteiger partial charge in [0, 0.05) is 36.7 Å². The van der Waals surface area contributed by atoms with E-state index in [9.17, 15) is 17.6 Å². The zero-order valence-corrected chi connectivity index (χ0v) is 20.2. The first-order valence-electron chi connectivity index (χ1n) is 10.7. The predicted molar refractivity (Wildman–Crippen MR) is 125 cm³/mol. The van der Waals surface area contributed by atoms with Crippen molar-refractivity contribution < 1.29 is 26.9 Å². The highest BCUT2D eigenvalue weighted by atomic mass is 35.5. The van der Waals surface area contributed by atoms with Crippen LogP contribution in [0.25, 0.3) is 0 Å². The molecule has 1 heterocycles. The lowest BCUT2D eigenvalue weighted by atomic mass is 10.1. The van der Waals surface area contributed by atoms with Crippen LogP contribution in [0.2, 0.25) is 5.02 Å². The fourth-order valence-electron chi connectivity index (χ4n) is 3.94. The molecule has 2 atom stereocenters. The number of carbonyl (C=O) groups is 1. The first-order valence-corrected chi connectivity index (χ1v) is 12.6.